The number of halogens is 2. The van der Waals surface area contributed by atoms with Crippen LogP contribution in [0.15, 0.2) is 30.5 Å². The fourth-order valence-corrected chi connectivity index (χ4v) is 2.00. The Hall–Kier alpha value is -1.85. The van der Waals surface area contributed by atoms with E-state index in [1.165, 1.54) is 12.3 Å². The number of nitrogen functional groups attached to an aromatic ring is 1. The number of benzene rings is 1. The highest BCUT2D eigenvalue weighted by Gasteiger charge is 2.15. The third-order valence-corrected chi connectivity index (χ3v) is 2.88. The molecule has 7 heteroatoms. The number of aromatic nitrogens is 1. The highest BCUT2D eigenvalue weighted by molar-refractivity contribution is 6.36. The van der Waals surface area contributed by atoms with E-state index in [4.69, 9.17) is 28.9 Å². The van der Waals surface area contributed by atoms with Gasteiger partial charge in [-0.3, -0.25) is 10.1 Å². The largest absolute Gasteiger partial charge is 0.378 e. The van der Waals surface area contributed by atoms with Crippen LogP contribution in [0.4, 0.5) is 11.5 Å². The standard InChI is InChI=1S/C11H7Cl2N3O2/c12-7-1-2-8(9(13)4-7)6-3-10(16(17)18)11(14)15-5-6/h1-5H,(H2,14,15). The minimum atomic E-state index is -0.588. The van der Waals surface area contributed by atoms with Crippen molar-refractivity contribution in [2.24, 2.45) is 0 Å². The molecule has 2 N–H and O–H groups in total. The van der Waals surface area contributed by atoms with E-state index in [1.54, 1.807) is 18.2 Å². The molecule has 0 aliphatic rings. The van der Waals surface area contributed by atoms with Gasteiger partial charge >= 0.3 is 5.69 Å². The first-order chi connectivity index (χ1) is 8.49. The van der Waals surface area contributed by atoms with E-state index in [1.807, 2.05) is 0 Å². The molecule has 0 fully saturated rings. The van der Waals surface area contributed by atoms with Gasteiger partial charge in [0, 0.05) is 33.4 Å². The average Bonchev–Trinajstić information content (AvgIpc) is 2.30. The quantitative estimate of drug-likeness (QED) is 0.675. The van der Waals surface area contributed by atoms with Crippen LogP contribution < -0.4 is 5.73 Å². The average molecular weight is 284 g/mol. The summed E-state index contributed by atoms with van der Waals surface area (Å²) in [5, 5.41) is 11.7. The van der Waals surface area contributed by atoms with Gasteiger partial charge in [-0.05, 0) is 12.1 Å². The normalized spacial score (nSPS) is 10.3. The van der Waals surface area contributed by atoms with Gasteiger partial charge in [-0.2, -0.15) is 0 Å². The third kappa shape index (κ3) is 2.37. The molecular formula is C11H7Cl2N3O2. The predicted octanol–water partition coefficient (Wildman–Crippen LogP) is 3.55. The lowest BCUT2D eigenvalue weighted by molar-refractivity contribution is -0.384. The number of nitrogens with zero attached hydrogens (tertiary/aromatic N) is 2. The van der Waals surface area contributed by atoms with Crippen LogP contribution in [-0.2, 0) is 0 Å². The molecule has 1 aromatic carbocycles. The maximum Gasteiger partial charge on any atom is 0.311 e. The van der Waals surface area contributed by atoms with Crippen LogP contribution in [0.2, 0.25) is 10.0 Å². The zero-order valence-electron chi connectivity index (χ0n) is 8.93. The van der Waals surface area contributed by atoms with Crippen molar-refractivity contribution in [3.05, 3.63) is 50.6 Å². The number of rotatable bonds is 2. The smallest absolute Gasteiger partial charge is 0.311 e. The first-order valence-electron chi connectivity index (χ1n) is 4.84. The summed E-state index contributed by atoms with van der Waals surface area (Å²) in [5.74, 6) is -0.131. The van der Waals surface area contributed by atoms with Gasteiger partial charge in [0.15, 0.2) is 0 Å². The van der Waals surface area contributed by atoms with Crippen LogP contribution >= 0.6 is 23.2 Å². The fourth-order valence-electron chi connectivity index (χ4n) is 1.48. The second-order valence-corrected chi connectivity index (χ2v) is 4.35. The Morgan fingerprint density at radius 3 is 2.61 bits per heavy atom. The molecule has 0 spiro atoms. The topological polar surface area (TPSA) is 82.0 Å². The van der Waals surface area contributed by atoms with Crippen molar-refractivity contribution in [1.29, 1.82) is 0 Å². The van der Waals surface area contributed by atoms with Crippen molar-refractivity contribution >= 4 is 34.7 Å². The molecule has 2 rings (SSSR count). The maximum atomic E-state index is 10.8. The molecule has 0 radical (unpaired) electrons. The number of nitrogens with two attached hydrogens (primary N) is 1. The van der Waals surface area contributed by atoms with Gasteiger partial charge in [0.1, 0.15) is 0 Å². The van der Waals surface area contributed by atoms with E-state index in [0.717, 1.165) is 0 Å². The minimum Gasteiger partial charge on any atom is -0.378 e. The Labute approximate surface area is 112 Å². The summed E-state index contributed by atoms with van der Waals surface area (Å²) in [6.45, 7) is 0. The SMILES string of the molecule is Nc1ncc(-c2ccc(Cl)cc2Cl)cc1[N+](=O)[O-]. The van der Waals surface area contributed by atoms with Gasteiger partial charge in [-0.1, -0.05) is 29.3 Å². The second-order valence-electron chi connectivity index (χ2n) is 3.51. The summed E-state index contributed by atoms with van der Waals surface area (Å²) >= 11 is 11.8. The van der Waals surface area contributed by atoms with Crippen molar-refractivity contribution in [3.8, 4) is 11.1 Å². The third-order valence-electron chi connectivity index (χ3n) is 2.34. The van der Waals surface area contributed by atoms with E-state index >= 15 is 0 Å². The fraction of sp³-hybridized carbons (Fsp3) is 0. The predicted molar refractivity (Wildman–Crippen MR) is 70.8 cm³/mol. The van der Waals surface area contributed by atoms with E-state index in [0.29, 0.717) is 21.2 Å². The maximum absolute atomic E-state index is 10.8. The van der Waals surface area contributed by atoms with Crippen LogP contribution in [0.3, 0.4) is 0 Å². The Morgan fingerprint density at radius 2 is 2.00 bits per heavy atom. The lowest BCUT2D eigenvalue weighted by Gasteiger charge is -2.05. The van der Waals surface area contributed by atoms with E-state index in [-0.39, 0.29) is 11.5 Å². The summed E-state index contributed by atoms with van der Waals surface area (Å²) in [4.78, 5) is 14.0. The molecule has 0 bridgehead atoms. The van der Waals surface area contributed by atoms with Crippen molar-refractivity contribution < 1.29 is 4.92 Å². The van der Waals surface area contributed by atoms with E-state index in [2.05, 4.69) is 4.98 Å². The zero-order valence-corrected chi connectivity index (χ0v) is 10.4. The number of nitro groups is 1. The van der Waals surface area contributed by atoms with Crippen LogP contribution in [0.25, 0.3) is 11.1 Å². The molecule has 18 heavy (non-hydrogen) atoms. The molecule has 1 aromatic heterocycles. The summed E-state index contributed by atoms with van der Waals surface area (Å²) in [7, 11) is 0. The summed E-state index contributed by atoms with van der Waals surface area (Å²) < 4.78 is 0. The van der Waals surface area contributed by atoms with Crippen LogP contribution in [-0.4, -0.2) is 9.91 Å². The number of pyridine rings is 1. The number of hydrogen-bond donors (Lipinski definition) is 1. The van der Waals surface area contributed by atoms with E-state index < -0.39 is 4.92 Å². The molecule has 5 nitrogen and oxygen atoms in total. The van der Waals surface area contributed by atoms with Gasteiger partial charge in [-0.25, -0.2) is 4.98 Å². The van der Waals surface area contributed by atoms with Crippen molar-refractivity contribution in [1.82, 2.24) is 4.98 Å². The molecule has 0 atom stereocenters. The van der Waals surface area contributed by atoms with Gasteiger partial charge in [0.25, 0.3) is 0 Å². The Kier molecular flexibility index (Phi) is 3.36. The van der Waals surface area contributed by atoms with Gasteiger partial charge in [-0.15, -0.1) is 0 Å². The first kappa shape index (κ1) is 12.6. The molecular weight excluding hydrogens is 277 g/mol. The summed E-state index contributed by atoms with van der Waals surface area (Å²) in [5.41, 5.74) is 6.29. The summed E-state index contributed by atoms with van der Waals surface area (Å²) in [6, 6.07) is 6.20. The summed E-state index contributed by atoms with van der Waals surface area (Å²) in [6.07, 6.45) is 1.43. The van der Waals surface area contributed by atoms with Crippen LogP contribution in [0, 0.1) is 10.1 Å². The lowest BCUT2D eigenvalue weighted by atomic mass is 10.1. The molecule has 0 unspecified atom stereocenters. The van der Waals surface area contributed by atoms with Crippen molar-refractivity contribution in [2.45, 2.75) is 0 Å². The van der Waals surface area contributed by atoms with Crippen molar-refractivity contribution in [3.63, 3.8) is 0 Å². The van der Waals surface area contributed by atoms with Gasteiger partial charge < -0.3 is 5.73 Å². The lowest BCUT2D eigenvalue weighted by Crippen LogP contribution is -1.98. The van der Waals surface area contributed by atoms with Gasteiger partial charge in [0.2, 0.25) is 5.82 Å². The van der Waals surface area contributed by atoms with Crippen LogP contribution in [0.1, 0.15) is 0 Å². The van der Waals surface area contributed by atoms with Crippen LogP contribution in [0.5, 0.6) is 0 Å². The molecule has 2 aromatic rings. The molecule has 0 saturated carbocycles. The molecule has 0 saturated heterocycles. The minimum absolute atomic E-state index is 0.131. The number of anilines is 1. The molecule has 0 aliphatic heterocycles. The Balaban J connectivity index is 2.58. The van der Waals surface area contributed by atoms with Crippen molar-refractivity contribution in [2.75, 3.05) is 5.73 Å². The number of hydrogen-bond acceptors (Lipinski definition) is 4. The van der Waals surface area contributed by atoms with Gasteiger partial charge in [0.05, 0.1) is 4.92 Å². The molecule has 1 heterocycles. The zero-order chi connectivity index (χ0) is 13.3. The molecule has 0 amide bonds. The highest BCUT2D eigenvalue weighted by Crippen LogP contribution is 2.32. The molecule has 0 aliphatic carbocycles. The second kappa shape index (κ2) is 4.80. The Morgan fingerprint density at radius 1 is 1.28 bits per heavy atom. The first-order valence-corrected chi connectivity index (χ1v) is 5.60. The van der Waals surface area contributed by atoms with E-state index in [9.17, 15) is 10.1 Å². The monoisotopic (exact) mass is 283 g/mol. The molecule has 92 valence electrons. The highest BCUT2D eigenvalue weighted by atomic mass is 35.5. The Bertz CT molecular complexity index is 632.